The number of alkyl halides is 1. The van der Waals surface area contributed by atoms with E-state index in [9.17, 15) is 9.18 Å². The van der Waals surface area contributed by atoms with E-state index in [0.29, 0.717) is 39.9 Å². The monoisotopic (exact) mass is 537 g/mol. The Hall–Kier alpha value is -3.64. The van der Waals surface area contributed by atoms with Gasteiger partial charge in [0.05, 0.1) is 41.3 Å². The predicted molar refractivity (Wildman–Crippen MR) is 147 cm³/mol. The lowest BCUT2D eigenvalue weighted by Gasteiger charge is -2.33. The number of aromatic nitrogens is 6. The summed E-state index contributed by atoms with van der Waals surface area (Å²) in [6.45, 7) is 11.5. The molecular formula is C26H32FN9OS. The third-order valence-electron chi connectivity index (χ3n) is 6.57. The minimum atomic E-state index is -0.967. The number of carbonyl (C=O) groups excluding carboxylic acids is 1. The van der Waals surface area contributed by atoms with E-state index in [-0.39, 0.29) is 24.0 Å². The quantitative estimate of drug-likeness (QED) is 0.369. The van der Waals surface area contributed by atoms with Crippen LogP contribution in [0.15, 0.2) is 37.3 Å². The smallest absolute Gasteiger partial charge is 0.254 e. The zero-order chi connectivity index (χ0) is 27.0. The van der Waals surface area contributed by atoms with Crippen molar-refractivity contribution in [3.05, 3.63) is 53.6 Å². The number of rotatable bonds is 7. The van der Waals surface area contributed by atoms with Gasteiger partial charge in [-0.05, 0) is 52.4 Å². The van der Waals surface area contributed by atoms with Crippen molar-refractivity contribution in [1.29, 1.82) is 0 Å². The summed E-state index contributed by atoms with van der Waals surface area (Å²) in [6.07, 6.45) is 6.66. The van der Waals surface area contributed by atoms with E-state index in [4.69, 9.17) is 4.98 Å². The number of nitrogens with zero attached hydrogens (tertiary/aromatic N) is 7. The number of likely N-dealkylation sites (tertiary alicyclic amines) is 1. The second kappa shape index (κ2) is 10.3. The van der Waals surface area contributed by atoms with Gasteiger partial charge in [0.25, 0.3) is 5.91 Å². The van der Waals surface area contributed by atoms with Crippen LogP contribution in [-0.2, 0) is 12.1 Å². The van der Waals surface area contributed by atoms with Gasteiger partial charge in [-0.1, -0.05) is 17.9 Å². The number of fused-ring (bicyclic) bond motifs is 1. The van der Waals surface area contributed by atoms with E-state index in [1.807, 2.05) is 55.4 Å². The first-order valence-electron chi connectivity index (χ1n) is 12.5. The van der Waals surface area contributed by atoms with Crippen LogP contribution >= 0.6 is 11.3 Å². The Labute approximate surface area is 224 Å². The van der Waals surface area contributed by atoms with E-state index in [2.05, 4.69) is 32.5 Å². The molecule has 1 aliphatic heterocycles. The third kappa shape index (κ3) is 5.18. The number of nitrogens with one attached hydrogen (secondary N) is 2. The van der Waals surface area contributed by atoms with E-state index >= 15 is 0 Å². The summed E-state index contributed by atoms with van der Waals surface area (Å²) in [5, 5.41) is 20.4. The summed E-state index contributed by atoms with van der Waals surface area (Å²) in [4.78, 5) is 19.5. The lowest BCUT2D eigenvalue weighted by Crippen LogP contribution is -2.46. The molecular weight excluding hydrogens is 505 g/mol. The van der Waals surface area contributed by atoms with E-state index in [1.165, 1.54) is 11.3 Å². The lowest BCUT2D eigenvalue weighted by molar-refractivity contribution is 0.0950. The Morgan fingerprint density at radius 3 is 2.87 bits per heavy atom. The molecule has 200 valence electrons. The average Bonchev–Trinajstić information content (AvgIpc) is 3.62. The minimum absolute atomic E-state index is 0.209. The highest BCUT2D eigenvalue weighted by atomic mass is 32.1. The third-order valence-corrected chi connectivity index (χ3v) is 7.50. The summed E-state index contributed by atoms with van der Waals surface area (Å²) in [5.41, 5.74) is 3.11. The fourth-order valence-corrected chi connectivity index (χ4v) is 5.23. The molecule has 0 saturated carbocycles. The van der Waals surface area contributed by atoms with Gasteiger partial charge < -0.3 is 15.5 Å². The molecule has 4 aromatic rings. The van der Waals surface area contributed by atoms with Crippen LogP contribution in [0.5, 0.6) is 0 Å². The first-order valence-corrected chi connectivity index (χ1v) is 13.3. The molecule has 1 amide bonds. The first-order chi connectivity index (χ1) is 18.1. The van der Waals surface area contributed by atoms with Crippen molar-refractivity contribution in [3.8, 4) is 10.7 Å². The maximum absolute atomic E-state index is 14.7. The van der Waals surface area contributed by atoms with Crippen molar-refractivity contribution in [1.82, 2.24) is 39.6 Å². The normalized spacial score (nSPS) is 18.6. The van der Waals surface area contributed by atoms with Gasteiger partial charge in [-0.25, -0.2) is 9.37 Å². The zero-order valence-corrected chi connectivity index (χ0v) is 22.8. The summed E-state index contributed by atoms with van der Waals surface area (Å²) in [5.74, 6) is -0.229. The molecule has 1 fully saturated rings. The number of hydrogen-bond donors (Lipinski definition) is 2. The number of piperidine rings is 1. The highest BCUT2D eigenvalue weighted by molar-refractivity contribution is 7.14. The minimum Gasteiger partial charge on any atom is -0.376 e. The molecule has 2 N–H and O–H groups in total. The Kier molecular flexibility index (Phi) is 7.01. The van der Waals surface area contributed by atoms with Gasteiger partial charge in [-0.2, -0.15) is 5.10 Å². The highest BCUT2D eigenvalue weighted by Gasteiger charge is 2.28. The van der Waals surface area contributed by atoms with Gasteiger partial charge in [-0.15, -0.1) is 10.2 Å². The van der Waals surface area contributed by atoms with Crippen molar-refractivity contribution in [2.24, 2.45) is 0 Å². The van der Waals surface area contributed by atoms with E-state index in [1.54, 1.807) is 23.2 Å². The zero-order valence-electron chi connectivity index (χ0n) is 22.0. The SMILES string of the molecule is C=Cc1c(-c2nnc(CNC(=O)c3cnn(C(C)(C)C)c3)s2)nc2c(N[C@@H]3CCN(C)C[C@@H]3F)cccn12. The van der Waals surface area contributed by atoms with E-state index in [0.717, 1.165) is 17.9 Å². The van der Waals surface area contributed by atoms with Gasteiger partial charge >= 0.3 is 0 Å². The van der Waals surface area contributed by atoms with Crippen LogP contribution in [0.1, 0.15) is 48.3 Å². The molecule has 2 atom stereocenters. The van der Waals surface area contributed by atoms with Crippen LogP contribution < -0.4 is 10.6 Å². The molecule has 10 nitrogen and oxygen atoms in total. The van der Waals surface area contributed by atoms with Crippen molar-refractivity contribution in [2.45, 2.75) is 51.5 Å². The van der Waals surface area contributed by atoms with Crippen LogP contribution in [0.3, 0.4) is 0 Å². The molecule has 0 radical (unpaired) electrons. The molecule has 5 heterocycles. The first kappa shape index (κ1) is 26.0. The van der Waals surface area contributed by atoms with Crippen LogP contribution in [-0.4, -0.2) is 72.5 Å². The number of anilines is 1. The van der Waals surface area contributed by atoms with E-state index < -0.39 is 6.17 Å². The van der Waals surface area contributed by atoms with Crippen molar-refractivity contribution in [2.75, 3.05) is 25.5 Å². The van der Waals surface area contributed by atoms with Crippen LogP contribution in [0.4, 0.5) is 10.1 Å². The Balaban J connectivity index is 1.34. The molecule has 0 aliphatic carbocycles. The van der Waals surface area contributed by atoms with Gasteiger partial charge in [0.2, 0.25) is 0 Å². The number of carbonyl (C=O) groups is 1. The summed E-state index contributed by atoms with van der Waals surface area (Å²) in [6, 6.07) is 3.53. The van der Waals surface area contributed by atoms with Crippen LogP contribution in [0.2, 0.25) is 0 Å². The summed E-state index contributed by atoms with van der Waals surface area (Å²) < 4.78 is 18.4. The molecule has 0 spiro atoms. The van der Waals surface area contributed by atoms with Crippen molar-refractivity contribution >= 4 is 34.7 Å². The number of imidazole rings is 1. The lowest BCUT2D eigenvalue weighted by atomic mass is 10.0. The Bertz CT molecular complexity index is 1470. The standard InChI is InChI=1S/C26H32FN9OS/c1-6-20-22(31-23-19(8-7-10-35(20)23)30-18-9-11-34(5)15-17(18)27)25-33-32-21(38-25)13-28-24(37)16-12-29-36(14-16)26(2,3)4/h6-8,10,12,14,17-18,30H,1,9,11,13,15H2,2-5H3,(H,28,37)/t17-,18+/m0/s1. The second-order valence-corrected chi connectivity index (χ2v) is 11.6. The molecule has 0 bridgehead atoms. The fourth-order valence-electron chi connectivity index (χ4n) is 4.46. The largest absolute Gasteiger partial charge is 0.376 e. The Morgan fingerprint density at radius 1 is 1.34 bits per heavy atom. The topological polar surface area (TPSA) is 105 Å². The fraction of sp³-hybridized carbons (Fsp3) is 0.423. The molecule has 12 heteroatoms. The van der Waals surface area contributed by atoms with Crippen molar-refractivity contribution in [3.63, 3.8) is 0 Å². The van der Waals surface area contributed by atoms with Crippen molar-refractivity contribution < 1.29 is 9.18 Å². The average molecular weight is 538 g/mol. The molecule has 0 aromatic carbocycles. The molecule has 0 unspecified atom stereocenters. The Morgan fingerprint density at radius 2 is 2.16 bits per heavy atom. The second-order valence-electron chi connectivity index (χ2n) is 10.5. The molecule has 38 heavy (non-hydrogen) atoms. The molecule has 1 saturated heterocycles. The molecule has 4 aromatic heterocycles. The maximum Gasteiger partial charge on any atom is 0.254 e. The van der Waals surface area contributed by atoms with Gasteiger partial charge in [0.1, 0.15) is 16.9 Å². The highest BCUT2D eigenvalue weighted by Crippen LogP contribution is 2.31. The summed E-state index contributed by atoms with van der Waals surface area (Å²) >= 11 is 1.35. The molecule has 1 aliphatic rings. The number of halogens is 1. The summed E-state index contributed by atoms with van der Waals surface area (Å²) in [7, 11) is 1.93. The van der Waals surface area contributed by atoms with Crippen LogP contribution in [0, 0.1) is 0 Å². The predicted octanol–water partition coefficient (Wildman–Crippen LogP) is 3.83. The van der Waals surface area contributed by atoms with Crippen LogP contribution in [0.25, 0.3) is 22.4 Å². The maximum atomic E-state index is 14.7. The van der Waals surface area contributed by atoms with Gasteiger partial charge in [-0.3, -0.25) is 13.9 Å². The number of hydrogen-bond acceptors (Lipinski definition) is 8. The molecule has 5 rings (SSSR count). The van der Waals surface area contributed by atoms with Gasteiger partial charge in [0.15, 0.2) is 10.7 Å². The number of amides is 1. The number of pyridine rings is 1. The van der Waals surface area contributed by atoms with Gasteiger partial charge in [0, 0.05) is 25.5 Å².